The van der Waals surface area contributed by atoms with Gasteiger partial charge in [0.15, 0.2) is 6.10 Å². The summed E-state index contributed by atoms with van der Waals surface area (Å²) in [6.45, 7) is 5.64. The molecule has 7 heteroatoms. The van der Waals surface area contributed by atoms with E-state index in [9.17, 15) is 14.4 Å². The van der Waals surface area contributed by atoms with Crippen LogP contribution < -0.4 is 15.0 Å². The first-order chi connectivity index (χ1) is 14.9. The number of nitrogens with one attached hydrogen (secondary N) is 1. The number of hydrogen-bond acceptors (Lipinski definition) is 5. The van der Waals surface area contributed by atoms with Crippen molar-refractivity contribution in [2.45, 2.75) is 45.6 Å². The summed E-state index contributed by atoms with van der Waals surface area (Å²) in [6.07, 6.45) is 0.0858. The van der Waals surface area contributed by atoms with Crippen LogP contribution in [0.2, 0.25) is 0 Å². The van der Waals surface area contributed by atoms with Gasteiger partial charge in [0, 0.05) is 5.69 Å². The van der Waals surface area contributed by atoms with E-state index in [2.05, 4.69) is 19.2 Å². The summed E-state index contributed by atoms with van der Waals surface area (Å²) in [6, 6.07) is 14.6. The van der Waals surface area contributed by atoms with Gasteiger partial charge in [0.25, 0.3) is 5.91 Å². The standard InChI is InChI=1S/C24H28N2O5/c1-4-16(2)18-9-5-6-10-19(18)25-24(29)17(3)31-23(28)15-26-20-11-7-8-12-21(20)30-14-13-22(26)27/h5-12,16-17H,4,13-15H2,1-3H3,(H,25,29)/t16-,17+/m1/s1. The van der Waals surface area contributed by atoms with Crippen LogP contribution in [0.3, 0.4) is 0 Å². The van der Waals surface area contributed by atoms with E-state index in [1.54, 1.807) is 24.3 Å². The Kier molecular flexibility index (Phi) is 7.28. The second-order valence-electron chi connectivity index (χ2n) is 7.56. The van der Waals surface area contributed by atoms with Gasteiger partial charge in [-0.05, 0) is 43.0 Å². The van der Waals surface area contributed by atoms with Crippen molar-refractivity contribution in [2.75, 3.05) is 23.4 Å². The molecule has 2 atom stereocenters. The van der Waals surface area contributed by atoms with Crippen molar-refractivity contribution in [1.82, 2.24) is 0 Å². The highest BCUT2D eigenvalue weighted by molar-refractivity contribution is 6.00. The Morgan fingerprint density at radius 3 is 2.61 bits per heavy atom. The number of hydrogen-bond donors (Lipinski definition) is 1. The number of amides is 2. The molecule has 2 aromatic carbocycles. The van der Waals surface area contributed by atoms with Gasteiger partial charge >= 0.3 is 5.97 Å². The van der Waals surface area contributed by atoms with Crippen LogP contribution in [0.15, 0.2) is 48.5 Å². The molecule has 31 heavy (non-hydrogen) atoms. The molecule has 0 spiro atoms. The van der Waals surface area contributed by atoms with Crippen LogP contribution in [0.25, 0.3) is 0 Å². The van der Waals surface area contributed by atoms with Crippen molar-refractivity contribution < 1.29 is 23.9 Å². The van der Waals surface area contributed by atoms with E-state index in [0.29, 0.717) is 17.1 Å². The number of anilines is 2. The van der Waals surface area contributed by atoms with Crippen molar-refractivity contribution in [1.29, 1.82) is 0 Å². The van der Waals surface area contributed by atoms with Gasteiger partial charge in [-0.15, -0.1) is 0 Å². The zero-order chi connectivity index (χ0) is 22.4. The van der Waals surface area contributed by atoms with Gasteiger partial charge in [-0.2, -0.15) is 0 Å². The SMILES string of the molecule is CC[C@@H](C)c1ccccc1NC(=O)[C@H](C)OC(=O)CN1C(=O)CCOc2ccccc21. The molecule has 1 heterocycles. The number of benzene rings is 2. The highest BCUT2D eigenvalue weighted by Crippen LogP contribution is 2.31. The second kappa shape index (κ2) is 10.1. The average Bonchev–Trinajstić information content (AvgIpc) is 2.92. The Morgan fingerprint density at radius 1 is 1.13 bits per heavy atom. The zero-order valence-electron chi connectivity index (χ0n) is 18.1. The first-order valence-electron chi connectivity index (χ1n) is 10.5. The number of nitrogens with zero attached hydrogens (tertiary/aromatic N) is 1. The number of esters is 1. The van der Waals surface area contributed by atoms with Crippen LogP contribution in [-0.4, -0.2) is 37.0 Å². The van der Waals surface area contributed by atoms with Crippen molar-refractivity contribution in [3.05, 3.63) is 54.1 Å². The van der Waals surface area contributed by atoms with Gasteiger partial charge in [0.05, 0.1) is 18.7 Å². The number of fused-ring (bicyclic) bond motifs is 1. The summed E-state index contributed by atoms with van der Waals surface area (Å²) in [5.41, 5.74) is 2.25. The highest BCUT2D eigenvalue weighted by atomic mass is 16.5. The van der Waals surface area contributed by atoms with Crippen molar-refractivity contribution >= 4 is 29.2 Å². The first kappa shape index (κ1) is 22.3. The van der Waals surface area contributed by atoms with E-state index in [0.717, 1.165) is 12.0 Å². The fourth-order valence-electron chi connectivity index (χ4n) is 3.41. The molecule has 0 radical (unpaired) electrons. The number of rotatable bonds is 7. The lowest BCUT2D eigenvalue weighted by molar-refractivity contribution is -0.152. The average molecular weight is 424 g/mol. The summed E-state index contributed by atoms with van der Waals surface area (Å²) in [5.74, 6) is -0.501. The van der Waals surface area contributed by atoms with Crippen LogP contribution in [0, 0.1) is 0 Å². The van der Waals surface area contributed by atoms with Gasteiger partial charge in [-0.25, -0.2) is 0 Å². The summed E-state index contributed by atoms with van der Waals surface area (Å²) in [7, 11) is 0. The Labute approximate surface area is 182 Å². The monoisotopic (exact) mass is 424 g/mol. The maximum atomic E-state index is 12.6. The Morgan fingerprint density at radius 2 is 1.84 bits per heavy atom. The molecule has 0 aromatic heterocycles. The maximum absolute atomic E-state index is 12.6. The minimum atomic E-state index is -1.01. The molecular formula is C24H28N2O5. The van der Waals surface area contributed by atoms with Crippen LogP contribution in [-0.2, 0) is 19.1 Å². The van der Waals surface area contributed by atoms with Crippen molar-refractivity contribution in [3.8, 4) is 5.75 Å². The van der Waals surface area contributed by atoms with E-state index >= 15 is 0 Å². The molecule has 1 N–H and O–H groups in total. The number of carbonyl (C=O) groups excluding carboxylic acids is 3. The lowest BCUT2D eigenvalue weighted by Crippen LogP contribution is -2.39. The highest BCUT2D eigenvalue weighted by Gasteiger charge is 2.27. The largest absolute Gasteiger partial charge is 0.491 e. The zero-order valence-corrected chi connectivity index (χ0v) is 18.1. The Balaban J connectivity index is 1.65. The van der Waals surface area contributed by atoms with Gasteiger partial charge in [0.1, 0.15) is 12.3 Å². The molecule has 0 fully saturated rings. The number of ether oxygens (including phenoxy) is 2. The summed E-state index contributed by atoms with van der Waals surface area (Å²) in [5, 5.41) is 2.85. The molecule has 7 nitrogen and oxygen atoms in total. The Hall–Kier alpha value is -3.35. The Bertz CT molecular complexity index is 958. The second-order valence-corrected chi connectivity index (χ2v) is 7.56. The van der Waals surface area contributed by atoms with Gasteiger partial charge in [-0.3, -0.25) is 19.3 Å². The normalized spacial score (nSPS) is 15.2. The predicted octanol–water partition coefficient (Wildman–Crippen LogP) is 3.89. The molecule has 164 valence electrons. The van der Waals surface area contributed by atoms with Gasteiger partial charge < -0.3 is 14.8 Å². The fourth-order valence-corrected chi connectivity index (χ4v) is 3.41. The van der Waals surface area contributed by atoms with E-state index < -0.39 is 18.0 Å². The van der Waals surface area contributed by atoms with Crippen LogP contribution >= 0.6 is 0 Å². The van der Waals surface area contributed by atoms with Gasteiger partial charge in [-0.1, -0.05) is 44.2 Å². The number of para-hydroxylation sites is 3. The maximum Gasteiger partial charge on any atom is 0.326 e. The predicted molar refractivity (Wildman–Crippen MR) is 118 cm³/mol. The van der Waals surface area contributed by atoms with Crippen molar-refractivity contribution in [2.24, 2.45) is 0 Å². The van der Waals surface area contributed by atoms with Crippen LogP contribution in [0.4, 0.5) is 11.4 Å². The third-order valence-corrected chi connectivity index (χ3v) is 5.36. The van der Waals surface area contributed by atoms with Crippen molar-refractivity contribution in [3.63, 3.8) is 0 Å². The van der Waals surface area contributed by atoms with Crippen LogP contribution in [0.1, 0.15) is 45.1 Å². The van der Waals surface area contributed by atoms with E-state index in [1.165, 1.54) is 11.8 Å². The summed E-state index contributed by atoms with van der Waals surface area (Å²) >= 11 is 0. The molecule has 2 aromatic rings. The molecule has 3 rings (SSSR count). The molecule has 0 saturated carbocycles. The topological polar surface area (TPSA) is 84.9 Å². The molecule has 0 saturated heterocycles. The first-order valence-corrected chi connectivity index (χ1v) is 10.5. The molecule has 1 aliphatic rings. The summed E-state index contributed by atoms with van der Waals surface area (Å²) < 4.78 is 10.9. The third-order valence-electron chi connectivity index (χ3n) is 5.36. The minimum absolute atomic E-state index is 0.157. The smallest absolute Gasteiger partial charge is 0.326 e. The molecule has 0 bridgehead atoms. The number of carbonyl (C=O) groups is 3. The summed E-state index contributed by atoms with van der Waals surface area (Å²) in [4.78, 5) is 39.0. The molecule has 1 aliphatic heterocycles. The molecule has 0 unspecified atom stereocenters. The third kappa shape index (κ3) is 5.42. The van der Waals surface area contributed by atoms with Gasteiger partial charge in [0.2, 0.25) is 5.91 Å². The van der Waals surface area contributed by atoms with Crippen LogP contribution in [0.5, 0.6) is 5.75 Å². The quantitative estimate of drug-likeness (QED) is 0.682. The van der Waals surface area contributed by atoms with E-state index in [4.69, 9.17) is 9.47 Å². The lowest BCUT2D eigenvalue weighted by Gasteiger charge is -2.22. The fraction of sp³-hybridized carbons (Fsp3) is 0.375. The molecular weight excluding hydrogens is 396 g/mol. The van der Waals surface area contributed by atoms with E-state index in [-0.39, 0.29) is 31.4 Å². The minimum Gasteiger partial charge on any atom is -0.491 e. The van der Waals surface area contributed by atoms with E-state index in [1.807, 2.05) is 24.3 Å². The molecule has 0 aliphatic carbocycles. The lowest BCUT2D eigenvalue weighted by atomic mass is 9.97. The molecule has 2 amide bonds.